The van der Waals surface area contributed by atoms with Crippen molar-refractivity contribution in [2.24, 2.45) is 0 Å². The standard InChI is InChI=1S/C9H10F3N3/c10-9(11,12)5-15-4-6-1-2-7(13)3-8(6)14-15/h1-3,14H,4-5,13H2. The van der Waals surface area contributed by atoms with E-state index in [0.29, 0.717) is 11.4 Å². The number of nitrogens with zero attached hydrogens (tertiary/aromatic N) is 1. The maximum absolute atomic E-state index is 12.1. The molecule has 82 valence electrons. The van der Waals surface area contributed by atoms with Crippen LogP contribution in [-0.2, 0) is 6.54 Å². The van der Waals surface area contributed by atoms with Crippen molar-refractivity contribution in [3.63, 3.8) is 0 Å². The van der Waals surface area contributed by atoms with Crippen molar-refractivity contribution >= 4 is 11.4 Å². The Balaban J connectivity index is 2.09. The molecule has 0 aromatic heterocycles. The van der Waals surface area contributed by atoms with Crippen molar-refractivity contribution in [3.05, 3.63) is 23.8 Å². The Kier molecular flexibility index (Phi) is 2.22. The zero-order valence-electron chi connectivity index (χ0n) is 7.80. The quantitative estimate of drug-likeness (QED) is 0.706. The molecule has 1 aromatic carbocycles. The van der Waals surface area contributed by atoms with E-state index in [1.807, 2.05) is 0 Å². The van der Waals surface area contributed by atoms with Crippen LogP contribution in [-0.4, -0.2) is 17.7 Å². The molecular formula is C9H10F3N3. The first-order valence-electron chi connectivity index (χ1n) is 4.41. The van der Waals surface area contributed by atoms with Crippen LogP contribution >= 0.6 is 0 Å². The van der Waals surface area contributed by atoms with E-state index in [1.165, 1.54) is 0 Å². The minimum atomic E-state index is -4.19. The van der Waals surface area contributed by atoms with Crippen LogP contribution in [0.4, 0.5) is 24.5 Å². The highest BCUT2D eigenvalue weighted by Crippen LogP contribution is 2.29. The van der Waals surface area contributed by atoms with Gasteiger partial charge < -0.3 is 11.2 Å². The minimum Gasteiger partial charge on any atom is -0.399 e. The van der Waals surface area contributed by atoms with Crippen LogP contribution < -0.4 is 11.2 Å². The number of rotatable bonds is 1. The monoisotopic (exact) mass is 217 g/mol. The summed E-state index contributed by atoms with van der Waals surface area (Å²) in [6.45, 7) is -0.725. The zero-order valence-corrected chi connectivity index (χ0v) is 7.80. The second kappa shape index (κ2) is 3.30. The molecule has 0 aliphatic carbocycles. The topological polar surface area (TPSA) is 41.3 Å². The van der Waals surface area contributed by atoms with E-state index in [9.17, 15) is 13.2 Å². The third kappa shape index (κ3) is 2.33. The molecule has 0 saturated heterocycles. The molecule has 0 bridgehead atoms. The number of hydrazine groups is 1. The molecule has 2 rings (SSSR count). The molecule has 0 spiro atoms. The van der Waals surface area contributed by atoms with Crippen molar-refractivity contribution in [1.82, 2.24) is 5.01 Å². The van der Waals surface area contributed by atoms with E-state index < -0.39 is 12.7 Å². The lowest BCUT2D eigenvalue weighted by Gasteiger charge is -2.17. The molecule has 0 atom stereocenters. The maximum atomic E-state index is 12.1. The Bertz CT molecular complexity index is 375. The maximum Gasteiger partial charge on any atom is 0.403 e. The summed E-state index contributed by atoms with van der Waals surface area (Å²) in [7, 11) is 0. The van der Waals surface area contributed by atoms with Gasteiger partial charge in [-0.05, 0) is 17.7 Å². The molecule has 1 aliphatic heterocycles. The first kappa shape index (κ1) is 10.1. The van der Waals surface area contributed by atoms with E-state index in [4.69, 9.17) is 5.73 Å². The second-order valence-corrected chi connectivity index (χ2v) is 3.50. The van der Waals surface area contributed by atoms with Crippen LogP contribution in [0, 0.1) is 0 Å². The molecule has 15 heavy (non-hydrogen) atoms. The average molecular weight is 217 g/mol. The predicted octanol–water partition coefficient (Wildman–Crippen LogP) is 1.97. The Morgan fingerprint density at radius 3 is 2.80 bits per heavy atom. The third-order valence-corrected chi connectivity index (χ3v) is 2.14. The van der Waals surface area contributed by atoms with Crippen LogP contribution in [0.5, 0.6) is 0 Å². The number of nitrogens with one attached hydrogen (secondary N) is 1. The van der Waals surface area contributed by atoms with Gasteiger partial charge in [-0.2, -0.15) is 13.2 Å². The van der Waals surface area contributed by atoms with Crippen LogP contribution in [0.2, 0.25) is 0 Å². The van der Waals surface area contributed by atoms with Crippen LogP contribution in [0.3, 0.4) is 0 Å². The number of nitrogen functional groups attached to an aromatic ring is 1. The van der Waals surface area contributed by atoms with Gasteiger partial charge in [-0.1, -0.05) is 6.07 Å². The molecule has 0 saturated carbocycles. The van der Waals surface area contributed by atoms with Gasteiger partial charge in [0.2, 0.25) is 0 Å². The predicted molar refractivity (Wildman–Crippen MR) is 50.9 cm³/mol. The average Bonchev–Trinajstić information content (AvgIpc) is 2.42. The van der Waals surface area contributed by atoms with Gasteiger partial charge in [-0.15, -0.1) is 0 Å². The first-order chi connectivity index (χ1) is 6.94. The number of benzene rings is 1. The summed E-state index contributed by atoms with van der Waals surface area (Å²) in [5.74, 6) is 0. The number of halogens is 3. The molecule has 0 radical (unpaired) electrons. The van der Waals surface area contributed by atoms with Gasteiger partial charge in [0.15, 0.2) is 0 Å². The molecule has 0 fully saturated rings. The smallest absolute Gasteiger partial charge is 0.399 e. The highest BCUT2D eigenvalue weighted by molar-refractivity contribution is 5.61. The van der Waals surface area contributed by atoms with Crippen molar-refractivity contribution in [2.75, 3.05) is 17.7 Å². The molecular weight excluding hydrogens is 207 g/mol. The van der Waals surface area contributed by atoms with E-state index in [0.717, 1.165) is 10.6 Å². The number of fused-ring (bicyclic) bond motifs is 1. The number of alkyl halides is 3. The lowest BCUT2D eigenvalue weighted by molar-refractivity contribution is -0.143. The number of hydrogen-bond acceptors (Lipinski definition) is 3. The summed E-state index contributed by atoms with van der Waals surface area (Å²) >= 11 is 0. The number of nitrogens with two attached hydrogens (primary N) is 1. The van der Waals surface area contributed by atoms with Crippen molar-refractivity contribution in [3.8, 4) is 0 Å². The Morgan fingerprint density at radius 2 is 2.13 bits per heavy atom. The lowest BCUT2D eigenvalue weighted by Crippen LogP contribution is -2.34. The third-order valence-electron chi connectivity index (χ3n) is 2.14. The van der Waals surface area contributed by atoms with Crippen molar-refractivity contribution < 1.29 is 13.2 Å². The van der Waals surface area contributed by atoms with E-state index in [2.05, 4.69) is 5.43 Å². The second-order valence-electron chi connectivity index (χ2n) is 3.50. The van der Waals surface area contributed by atoms with Crippen molar-refractivity contribution in [1.29, 1.82) is 0 Å². The van der Waals surface area contributed by atoms with Crippen molar-refractivity contribution in [2.45, 2.75) is 12.7 Å². The summed E-state index contributed by atoms with van der Waals surface area (Å²) in [4.78, 5) is 0. The fraction of sp³-hybridized carbons (Fsp3) is 0.333. The molecule has 0 amide bonds. The fourth-order valence-electron chi connectivity index (χ4n) is 1.56. The van der Waals surface area contributed by atoms with E-state index in [1.54, 1.807) is 18.2 Å². The van der Waals surface area contributed by atoms with Crippen LogP contribution in [0.1, 0.15) is 5.56 Å². The highest BCUT2D eigenvalue weighted by Gasteiger charge is 2.33. The molecule has 1 aromatic rings. The van der Waals surface area contributed by atoms with Gasteiger partial charge >= 0.3 is 6.18 Å². The molecule has 1 aliphatic rings. The van der Waals surface area contributed by atoms with Gasteiger partial charge in [-0.25, -0.2) is 5.01 Å². The minimum absolute atomic E-state index is 0.245. The summed E-state index contributed by atoms with van der Waals surface area (Å²) in [6.07, 6.45) is -4.19. The summed E-state index contributed by atoms with van der Waals surface area (Å²) in [5.41, 5.74) is 10.2. The van der Waals surface area contributed by atoms with Gasteiger partial charge in [-0.3, -0.25) is 0 Å². The van der Waals surface area contributed by atoms with Gasteiger partial charge in [0.25, 0.3) is 0 Å². The Hall–Kier alpha value is -1.43. The zero-order chi connectivity index (χ0) is 11.1. The number of hydrogen-bond donors (Lipinski definition) is 2. The largest absolute Gasteiger partial charge is 0.403 e. The van der Waals surface area contributed by atoms with Crippen LogP contribution in [0.15, 0.2) is 18.2 Å². The molecule has 1 heterocycles. The van der Waals surface area contributed by atoms with Crippen LogP contribution in [0.25, 0.3) is 0 Å². The summed E-state index contributed by atoms with van der Waals surface area (Å²) in [6, 6.07) is 5.04. The van der Waals surface area contributed by atoms with Gasteiger partial charge in [0.1, 0.15) is 6.54 Å². The lowest BCUT2D eigenvalue weighted by atomic mass is 10.2. The fourth-order valence-corrected chi connectivity index (χ4v) is 1.56. The molecule has 3 N–H and O–H groups in total. The van der Waals surface area contributed by atoms with Gasteiger partial charge in [0, 0.05) is 12.2 Å². The molecule has 0 unspecified atom stereocenters. The Morgan fingerprint density at radius 1 is 1.40 bits per heavy atom. The normalized spacial score (nSPS) is 16.2. The Labute approximate surface area is 84.6 Å². The molecule has 6 heteroatoms. The molecule has 3 nitrogen and oxygen atoms in total. The first-order valence-corrected chi connectivity index (χ1v) is 4.41. The van der Waals surface area contributed by atoms with E-state index in [-0.39, 0.29) is 6.54 Å². The van der Waals surface area contributed by atoms with E-state index >= 15 is 0 Å². The highest BCUT2D eigenvalue weighted by atomic mass is 19.4. The number of anilines is 2. The van der Waals surface area contributed by atoms with Gasteiger partial charge in [0.05, 0.1) is 5.69 Å². The summed E-state index contributed by atoms with van der Waals surface area (Å²) < 4.78 is 36.3. The SMILES string of the molecule is Nc1ccc2c(c1)NN(CC(F)(F)F)C2. The summed E-state index contributed by atoms with van der Waals surface area (Å²) in [5, 5.41) is 1.12.